The van der Waals surface area contributed by atoms with Crippen molar-refractivity contribution in [2.24, 2.45) is 21.6 Å². The minimum absolute atomic E-state index is 0.0365. The number of phenols is 1. The van der Waals surface area contributed by atoms with Gasteiger partial charge in [-0.05, 0) is 162 Å². The first-order valence-corrected chi connectivity index (χ1v) is 38.9. The Balaban J connectivity index is 1.29. The number of primary amides is 1. The van der Waals surface area contributed by atoms with Gasteiger partial charge >= 0.3 is 0 Å². The number of nitrogens with one attached hydrogen (secondary N) is 13. The van der Waals surface area contributed by atoms with E-state index >= 15 is 9.59 Å². The van der Waals surface area contributed by atoms with Crippen LogP contribution in [-0.2, 0) is 78.4 Å². The highest BCUT2D eigenvalue weighted by Crippen LogP contribution is 2.23. The highest BCUT2D eigenvalue weighted by Gasteiger charge is 2.40. The van der Waals surface area contributed by atoms with Crippen molar-refractivity contribution >= 4 is 99.3 Å². The number of hydrogen-bond donors (Lipinski definition) is 16. The van der Waals surface area contributed by atoms with Gasteiger partial charge in [0.2, 0.25) is 65.0 Å². The number of aromatic nitrogens is 1. The summed E-state index contributed by atoms with van der Waals surface area (Å²) >= 11 is 6.26. The summed E-state index contributed by atoms with van der Waals surface area (Å²) in [4.78, 5) is 172. The molecule has 608 valence electrons. The molecule has 11 amide bonds. The number of halogens is 1. The van der Waals surface area contributed by atoms with Gasteiger partial charge in [0.1, 0.15) is 66.2 Å². The molecule has 0 spiro atoms. The fourth-order valence-corrected chi connectivity index (χ4v) is 12.8. The van der Waals surface area contributed by atoms with Gasteiger partial charge in [0.15, 0.2) is 11.9 Å². The lowest BCUT2D eigenvalue weighted by molar-refractivity contribution is -0.142. The number of aliphatic hydroxyl groups excluding tert-OH is 1. The molecule has 5 aromatic rings. The van der Waals surface area contributed by atoms with Crippen molar-refractivity contribution < 1.29 is 63.0 Å². The summed E-state index contributed by atoms with van der Waals surface area (Å²) in [6.45, 7) is 16.3. The smallest absolute Gasteiger partial charge is 0.245 e. The molecule has 0 radical (unpaired) electrons. The molecule has 1 saturated heterocycles. The van der Waals surface area contributed by atoms with E-state index in [1.807, 2.05) is 84.0 Å². The quantitative estimate of drug-likeness (QED) is 0.0151. The van der Waals surface area contributed by atoms with Crippen molar-refractivity contribution in [3.8, 4) is 5.75 Å². The first-order chi connectivity index (χ1) is 53.7. The van der Waals surface area contributed by atoms with Crippen LogP contribution < -0.4 is 74.9 Å². The first kappa shape index (κ1) is 89.9. The van der Waals surface area contributed by atoms with Crippen LogP contribution in [0.15, 0.2) is 126 Å². The number of nitrogens with zero attached hydrogens (tertiary/aromatic N) is 4. The number of guanidine groups is 2. The van der Waals surface area contributed by atoms with E-state index < -0.39 is 132 Å². The lowest BCUT2D eigenvalue weighted by Gasteiger charge is -2.31. The van der Waals surface area contributed by atoms with Gasteiger partial charge in [-0.15, -0.1) is 0 Å². The molecule has 10 atom stereocenters. The molecular weight excluding hydrogens is 1460 g/mol. The third-order valence-corrected chi connectivity index (χ3v) is 18.7. The van der Waals surface area contributed by atoms with E-state index in [2.05, 4.69) is 84.1 Å². The average molecular weight is 1570 g/mol. The van der Waals surface area contributed by atoms with Crippen LogP contribution in [0.4, 0.5) is 0 Å². The number of fused-ring (bicyclic) bond motifs is 1. The molecule has 112 heavy (non-hydrogen) atoms. The predicted octanol–water partition coefficient (Wildman–Crippen LogP) is 2.27. The number of likely N-dealkylation sites (tertiary alicyclic amines) is 1. The number of nitrogens with two attached hydrogens (primary N) is 1. The second-order valence-corrected chi connectivity index (χ2v) is 28.5. The van der Waals surface area contributed by atoms with Gasteiger partial charge in [-0.3, -0.25) is 67.7 Å². The Bertz CT molecular complexity index is 3970. The van der Waals surface area contributed by atoms with Crippen LogP contribution in [0, 0.1) is 5.92 Å². The maximum atomic E-state index is 15.2. The van der Waals surface area contributed by atoms with Gasteiger partial charge in [0.25, 0.3) is 0 Å². The van der Waals surface area contributed by atoms with Gasteiger partial charge in [-0.1, -0.05) is 98.2 Å². The fraction of sp³-hybridized carbons (Fsp3) is 0.500. The SMILES string of the molecule is CCNC(=NCCCC[C@H](NC(=O)[C@H](CC(C)C)NC(=O)[C@@H](CCCCN=C(NCC)NCC)NC(=O)[C@@H](Cc1ccc(O)cc1)NC(=O)[C@H](CO)NC(=O)C(Cc1cccnc1)NC(=O)[C@@H](Cc1ccc(Cl)cc1)NC(=O)[C@@H](Cc1ccc2ccccc2c1)NC(C)=O)C(=O)N1CCCC1C(=O)N[C@H](C)C(N)=O)NCC. The molecule has 1 aliphatic heterocycles. The van der Waals surface area contributed by atoms with Crippen molar-refractivity contribution in [3.05, 3.63) is 143 Å². The van der Waals surface area contributed by atoms with Crippen LogP contribution >= 0.6 is 11.6 Å². The Morgan fingerprint density at radius 1 is 0.518 bits per heavy atom. The molecule has 0 bridgehead atoms. The Morgan fingerprint density at radius 3 is 1.47 bits per heavy atom. The third kappa shape index (κ3) is 30.4. The van der Waals surface area contributed by atoms with E-state index in [4.69, 9.17) is 17.3 Å². The summed E-state index contributed by atoms with van der Waals surface area (Å²) in [5, 5.41) is 60.9. The van der Waals surface area contributed by atoms with E-state index in [-0.39, 0.29) is 76.0 Å². The standard InChI is InChI=1S/C80H113ClN18O13/c1-9-84-79(85-10-2)88-38-17-15-24-60(70(104)94-62(41-49(5)6)71(105)93-61(25-16-18-39-89-80(86-11-3)87-12-4)78(112)99-40-20-26-68(99)77(111)90-50(7)69(82)103)92-73(107)64(44-53-30-35-59(102)36-31-53)97-76(110)67(48-100)98-75(109)66(46-55-21-19-37-83-47-55)96-74(108)65(43-52-28-33-58(81)34-29-52)95-72(106)63(91-51(8)101)45-54-27-32-56-22-13-14-23-57(56)42-54/h13-14,19,21-23,27-37,42,47,49-50,60-68,100,102H,9-12,15-18,20,24-26,38-41,43-46,48H2,1-8H3,(H2,82,103)(H,90,111)(H,91,101)(H,92,107)(H,93,105)(H,94,104)(H,95,106)(H,96,108)(H,97,110)(H,98,109)(H2,84,85,88)(H2,86,87,89)/t50-,60-,61+,62+,63-,64-,65-,66?,67+,68?/m1/s1. The molecule has 1 aromatic heterocycles. The van der Waals surface area contributed by atoms with Crippen LogP contribution in [0.5, 0.6) is 5.75 Å². The highest BCUT2D eigenvalue weighted by atomic mass is 35.5. The zero-order valence-corrected chi connectivity index (χ0v) is 66.1. The van der Waals surface area contributed by atoms with Crippen molar-refractivity contribution in [2.45, 2.75) is 199 Å². The summed E-state index contributed by atoms with van der Waals surface area (Å²) in [7, 11) is 0. The Labute approximate surface area is 660 Å². The third-order valence-electron chi connectivity index (χ3n) is 18.5. The summed E-state index contributed by atoms with van der Waals surface area (Å²) in [6.07, 6.45) is 4.77. The Hall–Kier alpha value is -10.9. The van der Waals surface area contributed by atoms with Gasteiger partial charge in [0, 0.05) is 95.8 Å². The number of aliphatic imine (C=N–C) groups is 2. The summed E-state index contributed by atoms with van der Waals surface area (Å²) in [5.41, 5.74) is 7.61. The lowest BCUT2D eigenvalue weighted by atomic mass is 9.99. The number of carbonyl (C=O) groups excluding carboxylic acids is 11. The zero-order valence-electron chi connectivity index (χ0n) is 65.3. The van der Waals surface area contributed by atoms with Crippen LogP contribution in [0.3, 0.4) is 0 Å². The van der Waals surface area contributed by atoms with Crippen LogP contribution in [0.25, 0.3) is 10.8 Å². The first-order valence-electron chi connectivity index (χ1n) is 38.6. The maximum absolute atomic E-state index is 15.2. The molecule has 2 unspecified atom stereocenters. The van der Waals surface area contributed by atoms with E-state index in [0.717, 1.165) is 10.8 Å². The largest absolute Gasteiger partial charge is 0.508 e. The molecule has 31 nitrogen and oxygen atoms in total. The molecule has 4 aromatic carbocycles. The fourth-order valence-electron chi connectivity index (χ4n) is 12.7. The lowest BCUT2D eigenvalue weighted by Crippen LogP contribution is -2.61. The van der Waals surface area contributed by atoms with Crippen LogP contribution in [0.1, 0.15) is 135 Å². The number of phenolic OH excluding ortho intramolecular Hbond substituents is 1. The summed E-state index contributed by atoms with van der Waals surface area (Å²) in [5.74, 6) is -7.72. The number of rotatable bonds is 44. The van der Waals surface area contributed by atoms with Gasteiger partial charge in [0.05, 0.1) is 6.61 Å². The van der Waals surface area contributed by atoms with Crippen molar-refractivity contribution in [1.82, 2.24) is 79.0 Å². The number of aliphatic hydroxyl groups is 1. The van der Waals surface area contributed by atoms with E-state index in [1.54, 1.807) is 36.4 Å². The maximum Gasteiger partial charge on any atom is 0.245 e. The van der Waals surface area contributed by atoms with Crippen molar-refractivity contribution in [3.63, 3.8) is 0 Å². The second-order valence-electron chi connectivity index (χ2n) is 28.0. The minimum Gasteiger partial charge on any atom is -0.508 e. The van der Waals surface area contributed by atoms with E-state index in [1.165, 1.54) is 55.4 Å². The molecule has 17 N–H and O–H groups in total. The van der Waals surface area contributed by atoms with Gasteiger partial charge in [-0.25, -0.2) is 0 Å². The zero-order chi connectivity index (χ0) is 81.7. The molecule has 1 fully saturated rings. The molecule has 0 saturated carbocycles. The minimum atomic E-state index is -1.82. The monoisotopic (exact) mass is 1570 g/mol. The van der Waals surface area contributed by atoms with E-state index in [9.17, 15) is 53.4 Å². The number of carbonyl (C=O) groups is 11. The van der Waals surface area contributed by atoms with E-state index in [0.29, 0.717) is 104 Å². The highest BCUT2D eigenvalue weighted by molar-refractivity contribution is 6.30. The number of pyridine rings is 1. The average Bonchev–Trinajstić information content (AvgIpc) is 1.06. The Morgan fingerprint density at radius 2 is 0.964 bits per heavy atom. The van der Waals surface area contributed by atoms with Crippen LogP contribution in [0.2, 0.25) is 5.02 Å². The van der Waals surface area contributed by atoms with Crippen molar-refractivity contribution in [1.29, 1.82) is 0 Å². The van der Waals surface area contributed by atoms with Gasteiger partial charge in [-0.2, -0.15) is 0 Å². The van der Waals surface area contributed by atoms with Crippen molar-refractivity contribution in [2.75, 3.05) is 52.4 Å². The molecule has 2 heterocycles. The molecule has 32 heteroatoms. The number of benzene rings is 4. The topological polar surface area (TPSA) is 451 Å². The number of amides is 11. The second kappa shape index (κ2) is 47.3. The van der Waals surface area contributed by atoms with Crippen LogP contribution in [-0.4, -0.2) is 210 Å². The summed E-state index contributed by atoms with van der Waals surface area (Å²) in [6, 6.07) is 15.3. The molecule has 1 aliphatic rings. The number of hydrogen-bond acceptors (Lipinski definition) is 16. The number of unbranched alkanes of at least 4 members (excludes halogenated alkanes) is 2. The number of aromatic hydroxyl groups is 1. The normalized spacial score (nSPS) is 14.8. The molecule has 0 aliphatic carbocycles. The predicted molar refractivity (Wildman–Crippen MR) is 429 cm³/mol. The summed E-state index contributed by atoms with van der Waals surface area (Å²) < 4.78 is 0. The Kier molecular flexibility index (Phi) is 38.0. The molecular formula is C80H113ClN18O13. The van der Waals surface area contributed by atoms with Gasteiger partial charge < -0.3 is 90.0 Å². The molecule has 6 rings (SSSR count).